The van der Waals surface area contributed by atoms with Crippen LogP contribution in [0, 0.1) is 17.5 Å². The fourth-order valence-electron chi connectivity index (χ4n) is 1.36. The topological polar surface area (TPSA) is 35.1 Å². The van der Waals surface area contributed by atoms with Gasteiger partial charge in [-0.2, -0.15) is 0 Å². The lowest BCUT2D eigenvalue weighted by Crippen LogP contribution is -2.40. The van der Waals surface area contributed by atoms with E-state index in [1.165, 1.54) is 6.92 Å². The maximum absolute atomic E-state index is 13.5. The van der Waals surface area contributed by atoms with Crippen molar-refractivity contribution in [1.29, 1.82) is 0 Å². The second kappa shape index (κ2) is 5.50. The standard InChI is InChI=1S/C12H16F3NOS/c1-7(16-18(17)12(2,3)4)11-9(14)5-8(13)6-10(11)15/h5-7,16H,1-4H3/t7-,18?/m0/s1. The van der Waals surface area contributed by atoms with Gasteiger partial charge in [0.1, 0.15) is 22.2 Å². The molecule has 1 aromatic rings. The molecule has 0 aliphatic heterocycles. The average Bonchev–Trinajstić information content (AvgIpc) is 2.13. The Morgan fingerprint density at radius 2 is 1.61 bits per heavy atom. The molecule has 102 valence electrons. The SMILES string of the molecule is C[C@H](N[S+]([O-])C(C)(C)C)c1c(F)cc(F)cc1F. The molecule has 0 aliphatic carbocycles. The first-order chi connectivity index (χ1) is 8.12. The number of hydrogen-bond donors (Lipinski definition) is 1. The Labute approximate surface area is 108 Å². The summed E-state index contributed by atoms with van der Waals surface area (Å²) >= 11 is -1.47. The van der Waals surface area contributed by atoms with Crippen LogP contribution in [0.2, 0.25) is 0 Å². The highest BCUT2D eigenvalue weighted by Gasteiger charge is 2.30. The summed E-state index contributed by atoms with van der Waals surface area (Å²) in [5.41, 5.74) is -0.311. The molecule has 0 heterocycles. The van der Waals surface area contributed by atoms with E-state index >= 15 is 0 Å². The van der Waals surface area contributed by atoms with Gasteiger partial charge in [-0.15, -0.1) is 4.72 Å². The van der Waals surface area contributed by atoms with Gasteiger partial charge in [0.05, 0.1) is 6.04 Å². The van der Waals surface area contributed by atoms with E-state index in [-0.39, 0.29) is 5.56 Å². The maximum Gasteiger partial charge on any atom is 0.136 e. The minimum atomic E-state index is -1.47. The Balaban J connectivity index is 2.95. The summed E-state index contributed by atoms with van der Waals surface area (Å²) in [6, 6.07) is 0.401. The highest BCUT2D eigenvalue weighted by molar-refractivity contribution is 7.90. The van der Waals surface area contributed by atoms with Crippen molar-refractivity contribution in [2.75, 3.05) is 0 Å². The lowest BCUT2D eigenvalue weighted by atomic mass is 10.1. The van der Waals surface area contributed by atoms with Gasteiger partial charge >= 0.3 is 0 Å². The van der Waals surface area contributed by atoms with Crippen LogP contribution in [0.4, 0.5) is 13.2 Å². The summed E-state index contributed by atoms with van der Waals surface area (Å²) in [6.45, 7) is 6.68. The zero-order valence-electron chi connectivity index (χ0n) is 10.7. The Morgan fingerprint density at radius 1 is 1.17 bits per heavy atom. The quantitative estimate of drug-likeness (QED) is 0.862. The monoisotopic (exact) mass is 279 g/mol. The van der Waals surface area contributed by atoms with Crippen LogP contribution in [0.15, 0.2) is 12.1 Å². The first-order valence-electron chi connectivity index (χ1n) is 5.45. The van der Waals surface area contributed by atoms with Crippen molar-refractivity contribution in [3.8, 4) is 0 Å². The van der Waals surface area contributed by atoms with Gasteiger partial charge in [0.2, 0.25) is 0 Å². The molecule has 0 radical (unpaired) electrons. The van der Waals surface area contributed by atoms with E-state index in [0.29, 0.717) is 12.1 Å². The number of benzene rings is 1. The van der Waals surface area contributed by atoms with Crippen LogP contribution in [0.3, 0.4) is 0 Å². The van der Waals surface area contributed by atoms with E-state index in [1.54, 1.807) is 20.8 Å². The largest absolute Gasteiger partial charge is 0.598 e. The predicted octanol–water partition coefficient (Wildman–Crippen LogP) is 3.22. The van der Waals surface area contributed by atoms with Crippen molar-refractivity contribution in [3.05, 3.63) is 35.1 Å². The summed E-state index contributed by atoms with van der Waals surface area (Å²) < 4.78 is 53.6. The lowest BCUT2D eigenvalue weighted by Gasteiger charge is -2.26. The Hall–Kier alpha value is -0.720. The van der Waals surface area contributed by atoms with E-state index in [9.17, 15) is 17.7 Å². The molecule has 0 saturated heterocycles. The van der Waals surface area contributed by atoms with E-state index in [0.717, 1.165) is 0 Å². The van der Waals surface area contributed by atoms with E-state index in [4.69, 9.17) is 0 Å². The lowest BCUT2D eigenvalue weighted by molar-refractivity contribution is 0.489. The third-order valence-electron chi connectivity index (χ3n) is 2.32. The van der Waals surface area contributed by atoms with Crippen molar-refractivity contribution >= 4 is 11.4 Å². The molecule has 0 bridgehead atoms. The van der Waals surface area contributed by atoms with Crippen LogP contribution in [0.5, 0.6) is 0 Å². The van der Waals surface area contributed by atoms with Crippen molar-refractivity contribution < 1.29 is 17.7 Å². The predicted molar refractivity (Wildman–Crippen MR) is 65.8 cm³/mol. The molecule has 0 aliphatic rings. The third-order valence-corrected chi connectivity index (χ3v) is 4.00. The van der Waals surface area contributed by atoms with Crippen molar-refractivity contribution in [2.45, 2.75) is 38.5 Å². The molecule has 1 unspecified atom stereocenters. The molecule has 0 saturated carbocycles. The molecule has 1 aromatic carbocycles. The summed E-state index contributed by atoms with van der Waals surface area (Å²) in [4.78, 5) is 0. The zero-order chi connectivity index (χ0) is 14.1. The Morgan fingerprint density at radius 3 is 2.00 bits per heavy atom. The molecule has 0 fully saturated rings. The van der Waals surface area contributed by atoms with Crippen LogP contribution in [-0.4, -0.2) is 9.30 Å². The molecule has 0 aromatic heterocycles. The highest BCUT2D eigenvalue weighted by atomic mass is 32.2. The van der Waals surface area contributed by atoms with Gasteiger partial charge < -0.3 is 4.55 Å². The fourth-order valence-corrected chi connectivity index (χ4v) is 2.16. The summed E-state index contributed by atoms with van der Waals surface area (Å²) in [7, 11) is 0. The zero-order valence-corrected chi connectivity index (χ0v) is 11.5. The van der Waals surface area contributed by atoms with Gasteiger partial charge in [0, 0.05) is 29.1 Å². The second-order valence-electron chi connectivity index (χ2n) is 5.00. The fraction of sp³-hybridized carbons (Fsp3) is 0.500. The first kappa shape index (κ1) is 15.3. The van der Waals surface area contributed by atoms with Gasteiger partial charge in [-0.05, 0) is 27.7 Å². The Kier molecular flexibility index (Phi) is 4.69. The van der Waals surface area contributed by atoms with Gasteiger partial charge in [-0.3, -0.25) is 0 Å². The Bertz CT molecular complexity index is 411. The molecule has 6 heteroatoms. The highest BCUT2D eigenvalue weighted by Crippen LogP contribution is 2.24. The number of hydrogen-bond acceptors (Lipinski definition) is 2. The maximum atomic E-state index is 13.5. The van der Waals surface area contributed by atoms with E-state index in [2.05, 4.69) is 4.72 Å². The molecular formula is C12H16F3NOS. The van der Waals surface area contributed by atoms with Gasteiger partial charge in [0.15, 0.2) is 0 Å². The van der Waals surface area contributed by atoms with Crippen LogP contribution >= 0.6 is 0 Å². The summed E-state index contributed by atoms with van der Waals surface area (Å²) in [5, 5.41) is 0. The molecule has 0 amide bonds. The molecule has 0 spiro atoms. The number of halogens is 3. The summed E-state index contributed by atoms with van der Waals surface area (Å²) in [6.07, 6.45) is 0. The van der Waals surface area contributed by atoms with E-state index in [1.807, 2.05) is 0 Å². The molecule has 18 heavy (non-hydrogen) atoms. The van der Waals surface area contributed by atoms with Crippen LogP contribution < -0.4 is 4.72 Å². The molecule has 1 N–H and O–H groups in total. The number of nitrogens with one attached hydrogen (secondary N) is 1. The van der Waals surface area contributed by atoms with Crippen LogP contribution in [0.25, 0.3) is 0 Å². The van der Waals surface area contributed by atoms with Crippen LogP contribution in [0.1, 0.15) is 39.3 Å². The smallest absolute Gasteiger partial charge is 0.136 e. The van der Waals surface area contributed by atoms with Gasteiger partial charge in [0.25, 0.3) is 0 Å². The number of rotatable bonds is 3. The molecule has 1 rings (SSSR count). The van der Waals surface area contributed by atoms with E-state index < -0.39 is 39.6 Å². The third kappa shape index (κ3) is 3.63. The average molecular weight is 279 g/mol. The molecule has 2 nitrogen and oxygen atoms in total. The summed E-state index contributed by atoms with van der Waals surface area (Å²) in [5.74, 6) is -2.95. The van der Waals surface area contributed by atoms with Gasteiger partial charge in [-0.25, -0.2) is 13.2 Å². The molecular weight excluding hydrogens is 263 g/mol. The molecule has 2 atom stereocenters. The minimum Gasteiger partial charge on any atom is -0.598 e. The minimum absolute atomic E-state index is 0.311. The van der Waals surface area contributed by atoms with Crippen molar-refractivity contribution in [2.24, 2.45) is 0 Å². The van der Waals surface area contributed by atoms with Gasteiger partial charge in [-0.1, -0.05) is 0 Å². The normalized spacial score (nSPS) is 15.6. The van der Waals surface area contributed by atoms with Crippen molar-refractivity contribution in [1.82, 2.24) is 4.72 Å². The second-order valence-corrected chi connectivity index (χ2v) is 7.00. The van der Waals surface area contributed by atoms with Crippen LogP contribution in [-0.2, 0) is 11.4 Å². The van der Waals surface area contributed by atoms with Crippen molar-refractivity contribution in [3.63, 3.8) is 0 Å². The first-order valence-corrected chi connectivity index (χ1v) is 6.60.